The van der Waals surface area contributed by atoms with Gasteiger partial charge in [0.2, 0.25) is 0 Å². The van der Waals surface area contributed by atoms with Gasteiger partial charge in [-0.25, -0.2) is 0 Å². The van der Waals surface area contributed by atoms with E-state index in [2.05, 4.69) is 48.5 Å². The topological polar surface area (TPSA) is 104 Å². The third-order valence-electron chi connectivity index (χ3n) is 5.55. The first-order valence-corrected chi connectivity index (χ1v) is 8.04. The molecule has 3 aromatic carbocycles. The van der Waals surface area contributed by atoms with E-state index in [1.165, 1.54) is 22.3 Å². The van der Waals surface area contributed by atoms with Gasteiger partial charge < -0.3 is 22.9 Å². The van der Waals surface area contributed by atoms with Gasteiger partial charge in [-0.15, -0.1) is 0 Å². The van der Waals surface area contributed by atoms with Crippen molar-refractivity contribution in [1.82, 2.24) is 0 Å². The molecule has 3 aliphatic rings. The molecule has 4 heteroatoms. The molecule has 0 fully saturated rings. The van der Waals surface area contributed by atoms with E-state index < -0.39 is 0 Å². The Hall–Kier alpha value is -3.14. The molecule has 4 nitrogen and oxygen atoms in total. The molecule has 0 aromatic heterocycles. The zero-order valence-electron chi connectivity index (χ0n) is 13.1. The van der Waals surface area contributed by atoms with Crippen molar-refractivity contribution in [2.45, 2.75) is 11.8 Å². The Morgan fingerprint density at radius 2 is 0.750 bits per heavy atom. The molecule has 6 rings (SSSR count). The lowest BCUT2D eigenvalue weighted by molar-refractivity contribution is 0.760. The molecule has 0 radical (unpaired) electrons. The minimum absolute atomic E-state index is 0.0580. The lowest BCUT2D eigenvalue weighted by Crippen LogP contribution is -2.30. The minimum Gasteiger partial charge on any atom is -0.397 e. The summed E-state index contributed by atoms with van der Waals surface area (Å²) in [4.78, 5) is 0. The van der Waals surface area contributed by atoms with Crippen LogP contribution >= 0.6 is 0 Å². The summed E-state index contributed by atoms with van der Waals surface area (Å²) in [7, 11) is 0. The van der Waals surface area contributed by atoms with Gasteiger partial charge in [-0.2, -0.15) is 0 Å². The number of nitrogens with two attached hydrogens (primary N) is 4. The summed E-state index contributed by atoms with van der Waals surface area (Å²) in [6, 6.07) is 17.0. The van der Waals surface area contributed by atoms with Crippen molar-refractivity contribution in [3.05, 3.63) is 81.9 Å². The van der Waals surface area contributed by atoms with Gasteiger partial charge >= 0.3 is 0 Å². The second-order valence-corrected chi connectivity index (χ2v) is 6.61. The Kier molecular flexibility index (Phi) is 2.35. The summed E-state index contributed by atoms with van der Waals surface area (Å²) in [5, 5.41) is 0. The molecule has 0 heterocycles. The third-order valence-corrected chi connectivity index (χ3v) is 5.55. The van der Waals surface area contributed by atoms with Crippen LogP contribution in [0.3, 0.4) is 0 Å². The number of benzene rings is 3. The minimum atomic E-state index is 0.0580. The highest BCUT2D eigenvalue weighted by atomic mass is 14.8. The van der Waals surface area contributed by atoms with Crippen LogP contribution in [-0.2, 0) is 0 Å². The van der Waals surface area contributed by atoms with Crippen LogP contribution in [0.5, 0.6) is 0 Å². The molecule has 0 saturated carbocycles. The lowest BCUT2D eigenvalue weighted by Gasteiger charge is -2.43. The molecular weight excluding hydrogens is 296 g/mol. The molecule has 24 heavy (non-hydrogen) atoms. The molecule has 0 unspecified atom stereocenters. The van der Waals surface area contributed by atoms with Crippen LogP contribution in [-0.4, -0.2) is 0 Å². The fraction of sp³-hybridized carbons (Fsp3) is 0.100. The molecule has 118 valence electrons. The first-order chi connectivity index (χ1) is 11.6. The fourth-order valence-corrected chi connectivity index (χ4v) is 4.52. The summed E-state index contributed by atoms with van der Waals surface area (Å²) >= 11 is 0. The molecule has 0 amide bonds. The first kappa shape index (κ1) is 13.3. The Bertz CT molecular complexity index is 894. The molecule has 2 bridgehead atoms. The van der Waals surface area contributed by atoms with Crippen LogP contribution in [0.25, 0.3) is 0 Å². The molecule has 0 spiro atoms. The van der Waals surface area contributed by atoms with Gasteiger partial charge in [-0.1, -0.05) is 48.5 Å². The van der Waals surface area contributed by atoms with E-state index in [0.717, 1.165) is 11.1 Å². The highest BCUT2D eigenvalue weighted by Gasteiger charge is 2.44. The van der Waals surface area contributed by atoms with Gasteiger partial charge in [0, 0.05) is 11.8 Å². The van der Waals surface area contributed by atoms with Crippen molar-refractivity contribution in [3.8, 4) is 0 Å². The summed E-state index contributed by atoms with van der Waals surface area (Å²) < 4.78 is 0. The maximum absolute atomic E-state index is 6.41. The number of hydrogen-bond acceptors (Lipinski definition) is 4. The molecule has 3 aliphatic carbocycles. The number of anilines is 4. The Morgan fingerprint density at radius 1 is 0.458 bits per heavy atom. The zero-order valence-corrected chi connectivity index (χ0v) is 13.1. The van der Waals surface area contributed by atoms with Crippen molar-refractivity contribution in [1.29, 1.82) is 0 Å². The first-order valence-electron chi connectivity index (χ1n) is 8.04. The quantitative estimate of drug-likeness (QED) is 0.330. The Labute approximate surface area is 140 Å². The van der Waals surface area contributed by atoms with Crippen molar-refractivity contribution in [2.75, 3.05) is 22.9 Å². The molecule has 0 saturated heterocycles. The SMILES string of the molecule is Nc1c(N)c(N)c2c(c1N)C1c3ccccc3C2c2ccccc21. The summed E-state index contributed by atoms with van der Waals surface area (Å²) in [6.07, 6.45) is 0. The van der Waals surface area contributed by atoms with E-state index in [1.54, 1.807) is 0 Å². The maximum atomic E-state index is 6.41. The monoisotopic (exact) mass is 314 g/mol. The van der Waals surface area contributed by atoms with E-state index in [-0.39, 0.29) is 11.8 Å². The molecule has 8 N–H and O–H groups in total. The number of nitrogen functional groups attached to an aromatic ring is 4. The molecule has 0 aliphatic heterocycles. The van der Waals surface area contributed by atoms with Crippen molar-refractivity contribution in [3.63, 3.8) is 0 Å². The normalized spacial score (nSPS) is 19.5. The number of rotatable bonds is 0. The van der Waals surface area contributed by atoms with Crippen LogP contribution in [0, 0.1) is 0 Å². The predicted molar refractivity (Wildman–Crippen MR) is 98.9 cm³/mol. The van der Waals surface area contributed by atoms with Crippen molar-refractivity contribution < 1.29 is 0 Å². The third kappa shape index (κ3) is 1.35. The standard InChI is InChI=1S/C20H18N4/c21-17-15-13-9-5-1-2-6-10(9)14(12-8-4-3-7-11(12)13)16(15)18(22)20(24)19(17)23/h1-8,13-14H,21-24H2. The van der Waals surface area contributed by atoms with Crippen LogP contribution < -0.4 is 22.9 Å². The van der Waals surface area contributed by atoms with Crippen LogP contribution in [0.1, 0.15) is 45.2 Å². The van der Waals surface area contributed by atoms with Gasteiger partial charge in [-0.3, -0.25) is 0 Å². The summed E-state index contributed by atoms with van der Waals surface area (Å²) in [5.74, 6) is 0.116. The van der Waals surface area contributed by atoms with E-state index in [1.807, 2.05) is 0 Å². The number of hydrogen-bond donors (Lipinski definition) is 4. The van der Waals surface area contributed by atoms with Crippen LogP contribution in [0.15, 0.2) is 48.5 Å². The maximum Gasteiger partial charge on any atom is 0.0806 e. The van der Waals surface area contributed by atoms with Gasteiger partial charge in [0.05, 0.1) is 22.7 Å². The smallest absolute Gasteiger partial charge is 0.0806 e. The largest absolute Gasteiger partial charge is 0.397 e. The van der Waals surface area contributed by atoms with Gasteiger partial charge in [-0.05, 0) is 33.4 Å². The van der Waals surface area contributed by atoms with Crippen LogP contribution in [0.2, 0.25) is 0 Å². The summed E-state index contributed by atoms with van der Waals surface area (Å²) in [5.41, 5.74) is 34.2. The van der Waals surface area contributed by atoms with Crippen LogP contribution in [0.4, 0.5) is 22.7 Å². The van der Waals surface area contributed by atoms with Crippen molar-refractivity contribution in [2.24, 2.45) is 0 Å². The second kappa shape index (κ2) is 4.23. The van der Waals surface area contributed by atoms with E-state index >= 15 is 0 Å². The average Bonchev–Trinajstić information content (AvgIpc) is 2.64. The van der Waals surface area contributed by atoms with Gasteiger partial charge in [0.15, 0.2) is 0 Å². The lowest BCUT2D eigenvalue weighted by atomic mass is 9.60. The summed E-state index contributed by atoms with van der Waals surface area (Å²) in [6.45, 7) is 0. The predicted octanol–water partition coefficient (Wildman–Crippen LogP) is 3.00. The highest BCUT2D eigenvalue weighted by Crippen LogP contribution is 2.60. The highest BCUT2D eigenvalue weighted by molar-refractivity contribution is 5.94. The zero-order chi connectivity index (χ0) is 16.6. The molecule has 0 atom stereocenters. The second-order valence-electron chi connectivity index (χ2n) is 6.61. The van der Waals surface area contributed by atoms with Crippen molar-refractivity contribution >= 4 is 22.7 Å². The van der Waals surface area contributed by atoms with E-state index in [0.29, 0.717) is 22.7 Å². The fourth-order valence-electron chi connectivity index (χ4n) is 4.52. The molecule has 3 aromatic rings. The van der Waals surface area contributed by atoms with E-state index in [4.69, 9.17) is 22.9 Å². The van der Waals surface area contributed by atoms with Gasteiger partial charge in [0.25, 0.3) is 0 Å². The van der Waals surface area contributed by atoms with E-state index in [9.17, 15) is 0 Å². The Balaban J connectivity index is 1.98. The molecular formula is C20H18N4. The average molecular weight is 314 g/mol. The van der Waals surface area contributed by atoms with Gasteiger partial charge in [0.1, 0.15) is 0 Å². The Morgan fingerprint density at radius 3 is 1.04 bits per heavy atom.